The molecule has 0 bridgehead atoms. The van der Waals surface area contributed by atoms with Gasteiger partial charge in [-0.25, -0.2) is 12.8 Å². The third kappa shape index (κ3) is 5.97. The summed E-state index contributed by atoms with van der Waals surface area (Å²) >= 11 is 0. The molecular formula is C30H27F3O4S. The summed E-state index contributed by atoms with van der Waals surface area (Å²) in [7, 11) is -6.09. The van der Waals surface area contributed by atoms with Crippen LogP contribution in [0.25, 0.3) is 33.6 Å². The van der Waals surface area contributed by atoms with Crippen LogP contribution in [-0.2, 0) is 28.4 Å². The summed E-state index contributed by atoms with van der Waals surface area (Å²) < 4.78 is 65.5. The Labute approximate surface area is 220 Å². The quantitative estimate of drug-likeness (QED) is 0.147. The molecule has 0 saturated carbocycles. The standard InChI is InChI=1S/C29H27O.CHF3O3S/c1-29(2,3)27-19-25(21-12-8-5-9-13-21)24-17-16-22-14-15-23(18-26(22)28(24)30-27)20-10-6-4-7-11-20;2-1(3,4)8(5,6)7/h4-15,18-19H,16-17H2,1-3H3;(H,5,6,7)/q+1;/p-1. The van der Waals surface area contributed by atoms with Gasteiger partial charge in [-0.15, -0.1) is 0 Å². The van der Waals surface area contributed by atoms with Gasteiger partial charge < -0.3 is 4.55 Å². The molecule has 0 atom stereocenters. The Morgan fingerprint density at radius 1 is 0.737 bits per heavy atom. The normalized spacial score (nSPS) is 13.1. The van der Waals surface area contributed by atoms with Crippen LogP contribution in [0.5, 0.6) is 0 Å². The van der Waals surface area contributed by atoms with Crippen LogP contribution >= 0.6 is 0 Å². The third-order valence-electron chi connectivity index (χ3n) is 6.30. The summed E-state index contributed by atoms with van der Waals surface area (Å²) in [6.07, 6.45) is 2.05. The lowest BCUT2D eigenvalue weighted by Gasteiger charge is -2.19. The zero-order chi connectivity index (χ0) is 27.7. The fraction of sp³-hybridized carbons (Fsp3) is 0.233. The minimum atomic E-state index is -6.09. The van der Waals surface area contributed by atoms with E-state index in [2.05, 4.69) is 106 Å². The Morgan fingerprint density at radius 3 is 1.82 bits per heavy atom. The van der Waals surface area contributed by atoms with E-state index >= 15 is 0 Å². The molecule has 8 heteroatoms. The minimum Gasteiger partial charge on any atom is -0.741 e. The van der Waals surface area contributed by atoms with Crippen molar-refractivity contribution in [3.05, 3.63) is 102 Å². The van der Waals surface area contributed by atoms with E-state index < -0.39 is 15.6 Å². The molecule has 4 nitrogen and oxygen atoms in total. The molecule has 1 aliphatic rings. The van der Waals surface area contributed by atoms with E-state index in [9.17, 15) is 13.2 Å². The van der Waals surface area contributed by atoms with Gasteiger partial charge >= 0.3 is 17.0 Å². The van der Waals surface area contributed by atoms with Gasteiger partial charge in [0.1, 0.15) is 0 Å². The van der Waals surface area contributed by atoms with Crippen LogP contribution in [0.2, 0.25) is 0 Å². The average molecular weight is 541 g/mol. The van der Waals surface area contributed by atoms with Crippen molar-refractivity contribution >= 4 is 10.1 Å². The number of rotatable bonds is 2. The van der Waals surface area contributed by atoms with Gasteiger partial charge in [0.05, 0.1) is 16.5 Å². The number of benzene rings is 3. The maximum Gasteiger partial charge on any atom is 0.485 e. The molecular weight excluding hydrogens is 513 g/mol. The maximum absolute atomic E-state index is 10.7. The fourth-order valence-electron chi connectivity index (χ4n) is 4.33. The molecule has 3 aromatic carbocycles. The van der Waals surface area contributed by atoms with E-state index in [0.29, 0.717) is 0 Å². The monoisotopic (exact) mass is 540 g/mol. The van der Waals surface area contributed by atoms with Gasteiger partial charge in [-0.3, -0.25) is 0 Å². The lowest BCUT2D eigenvalue weighted by atomic mass is 9.82. The number of hydrogen-bond acceptors (Lipinski definition) is 3. The van der Waals surface area contributed by atoms with Crippen molar-refractivity contribution in [1.82, 2.24) is 0 Å². The Morgan fingerprint density at radius 2 is 1.29 bits per heavy atom. The van der Waals surface area contributed by atoms with E-state index in [-0.39, 0.29) is 5.41 Å². The van der Waals surface area contributed by atoms with Crippen molar-refractivity contribution in [2.24, 2.45) is 0 Å². The number of alkyl halides is 3. The average Bonchev–Trinajstić information content (AvgIpc) is 2.87. The predicted molar refractivity (Wildman–Crippen MR) is 141 cm³/mol. The van der Waals surface area contributed by atoms with Gasteiger partial charge in [-0.2, -0.15) is 13.2 Å². The molecule has 0 fully saturated rings. The number of halogens is 3. The molecule has 0 unspecified atom stereocenters. The first-order chi connectivity index (χ1) is 17.8. The first kappa shape index (κ1) is 27.5. The summed E-state index contributed by atoms with van der Waals surface area (Å²) in [6.45, 7) is 6.66. The second-order valence-electron chi connectivity index (χ2n) is 10.1. The number of fused-ring (bicyclic) bond motifs is 3. The van der Waals surface area contributed by atoms with E-state index in [1.807, 2.05) is 0 Å². The van der Waals surface area contributed by atoms with Crippen molar-refractivity contribution in [1.29, 1.82) is 0 Å². The summed E-state index contributed by atoms with van der Waals surface area (Å²) in [5.74, 6) is 2.07. The van der Waals surface area contributed by atoms with Crippen LogP contribution in [0.15, 0.2) is 89.3 Å². The molecule has 4 aromatic rings. The van der Waals surface area contributed by atoms with E-state index in [0.717, 1.165) is 24.4 Å². The first-order valence-electron chi connectivity index (χ1n) is 12.0. The maximum atomic E-state index is 10.7. The van der Waals surface area contributed by atoms with E-state index in [1.54, 1.807) is 0 Å². The molecule has 0 saturated heterocycles. The number of hydrogen-bond donors (Lipinski definition) is 0. The van der Waals surface area contributed by atoms with Crippen molar-refractivity contribution in [2.45, 2.75) is 44.5 Å². The largest absolute Gasteiger partial charge is 0.741 e. The molecule has 1 heterocycles. The highest BCUT2D eigenvalue weighted by atomic mass is 32.2. The minimum absolute atomic E-state index is 0.0623. The highest BCUT2D eigenvalue weighted by molar-refractivity contribution is 7.86. The zero-order valence-corrected chi connectivity index (χ0v) is 22.0. The molecule has 0 amide bonds. The summed E-state index contributed by atoms with van der Waals surface area (Å²) in [5, 5.41) is 0. The van der Waals surface area contributed by atoms with Gasteiger partial charge in [-0.05, 0) is 61.9 Å². The highest BCUT2D eigenvalue weighted by Crippen LogP contribution is 2.43. The highest BCUT2D eigenvalue weighted by Gasteiger charge is 2.37. The van der Waals surface area contributed by atoms with Gasteiger partial charge in [0.25, 0.3) is 0 Å². The molecule has 38 heavy (non-hydrogen) atoms. The Kier molecular flexibility index (Phi) is 7.50. The summed E-state index contributed by atoms with van der Waals surface area (Å²) in [4.78, 5) is 0. The SMILES string of the molecule is CC(C)(C)c1cc(-c2ccccc2)c2c([o+]1)-c1cc(-c3ccccc3)ccc1CC2.O=S(=O)([O-])C(F)(F)F. The van der Waals surface area contributed by atoms with Crippen LogP contribution in [0.1, 0.15) is 37.7 Å². The molecule has 198 valence electrons. The van der Waals surface area contributed by atoms with E-state index in [1.165, 1.54) is 38.9 Å². The Hall–Kier alpha value is -3.49. The predicted octanol–water partition coefficient (Wildman–Crippen LogP) is 8.01. The molecule has 5 rings (SSSR count). The topological polar surface area (TPSA) is 68.5 Å². The molecule has 1 aromatic heterocycles. The van der Waals surface area contributed by atoms with Crippen LogP contribution in [0, 0.1) is 0 Å². The smallest absolute Gasteiger partial charge is 0.485 e. The van der Waals surface area contributed by atoms with Crippen molar-refractivity contribution in [3.63, 3.8) is 0 Å². The van der Waals surface area contributed by atoms with Crippen molar-refractivity contribution in [2.75, 3.05) is 0 Å². The third-order valence-corrected chi connectivity index (χ3v) is 6.87. The Balaban J connectivity index is 0.000000368. The molecule has 1 aliphatic carbocycles. The summed E-state index contributed by atoms with van der Waals surface area (Å²) in [6, 6.07) is 30.4. The number of aryl methyl sites for hydroxylation is 1. The zero-order valence-electron chi connectivity index (χ0n) is 21.2. The molecule has 0 aliphatic heterocycles. The van der Waals surface area contributed by atoms with Crippen LogP contribution < -0.4 is 0 Å². The van der Waals surface area contributed by atoms with E-state index in [4.69, 9.17) is 17.4 Å². The Bertz CT molecular complexity index is 1540. The van der Waals surface area contributed by atoms with Crippen molar-refractivity contribution in [3.8, 4) is 33.6 Å². The second-order valence-corrected chi connectivity index (χ2v) is 11.5. The van der Waals surface area contributed by atoms with Crippen LogP contribution in [-0.4, -0.2) is 18.5 Å². The van der Waals surface area contributed by atoms with Gasteiger partial charge in [0.15, 0.2) is 10.1 Å². The first-order valence-corrected chi connectivity index (χ1v) is 13.4. The molecule has 0 spiro atoms. The van der Waals surface area contributed by atoms with Gasteiger partial charge in [-0.1, -0.05) is 72.8 Å². The fourth-order valence-corrected chi connectivity index (χ4v) is 4.33. The lowest BCUT2D eigenvalue weighted by Crippen LogP contribution is -2.21. The van der Waals surface area contributed by atoms with Gasteiger partial charge in [0, 0.05) is 11.6 Å². The van der Waals surface area contributed by atoms with Crippen molar-refractivity contribution < 1.29 is 30.6 Å². The lowest BCUT2D eigenvalue weighted by molar-refractivity contribution is -0.0517. The second kappa shape index (κ2) is 10.3. The molecule has 0 N–H and O–H groups in total. The van der Waals surface area contributed by atoms with Gasteiger partial charge in [0.2, 0.25) is 0 Å². The van der Waals surface area contributed by atoms with Crippen LogP contribution in [0.4, 0.5) is 13.2 Å². The summed E-state index contributed by atoms with van der Waals surface area (Å²) in [5.41, 5.74) is 3.27. The molecule has 0 radical (unpaired) electrons. The van der Waals surface area contributed by atoms with Crippen LogP contribution in [0.3, 0.4) is 0 Å².